The topological polar surface area (TPSA) is 73.2 Å². The average molecular weight is 363 g/mol. The number of nitrogens with zero attached hydrogens (tertiary/aromatic N) is 2. The number of hydrogen-bond donors (Lipinski definition) is 1. The number of rotatable bonds is 9. The molecule has 0 aliphatic rings. The zero-order chi connectivity index (χ0) is 18.2. The molecule has 2 aromatic rings. The van der Waals surface area contributed by atoms with Crippen LogP contribution in [0, 0.1) is 5.92 Å². The van der Waals surface area contributed by atoms with Crippen molar-refractivity contribution in [3.63, 3.8) is 0 Å². The molecule has 1 heterocycles. The number of carbonyl (C=O) groups excluding carboxylic acids is 1. The van der Waals surface area contributed by atoms with Crippen molar-refractivity contribution >= 4 is 28.6 Å². The summed E-state index contributed by atoms with van der Waals surface area (Å²) in [6.07, 6.45) is 0.948. The number of thioether (sulfide) groups is 1. The first-order valence-electron chi connectivity index (χ1n) is 8.41. The van der Waals surface area contributed by atoms with E-state index in [9.17, 15) is 9.59 Å². The van der Waals surface area contributed by atoms with E-state index in [1.807, 2.05) is 18.2 Å². The Hall–Kier alpha value is -1.86. The molecular formula is C18H25N3O3S. The van der Waals surface area contributed by atoms with Crippen molar-refractivity contribution in [1.29, 1.82) is 0 Å². The van der Waals surface area contributed by atoms with Crippen molar-refractivity contribution in [1.82, 2.24) is 14.9 Å². The number of nitrogens with one attached hydrogen (secondary N) is 1. The second-order valence-corrected chi connectivity index (χ2v) is 7.12. The maximum Gasteiger partial charge on any atom is 0.262 e. The van der Waals surface area contributed by atoms with Gasteiger partial charge in [-0.2, -0.15) is 0 Å². The van der Waals surface area contributed by atoms with Crippen molar-refractivity contribution in [3.8, 4) is 0 Å². The highest BCUT2D eigenvalue weighted by molar-refractivity contribution is 7.99. The lowest BCUT2D eigenvalue weighted by Crippen LogP contribution is -2.28. The summed E-state index contributed by atoms with van der Waals surface area (Å²) in [5, 5.41) is 4.01. The molecule has 25 heavy (non-hydrogen) atoms. The van der Waals surface area contributed by atoms with Gasteiger partial charge in [0, 0.05) is 13.7 Å². The van der Waals surface area contributed by atoms with Crippen LogP contribution in [-0.2, 0) is 16.1 Å². The van der Waals surface area contributed by atoms with Crippen LogP contribution in [-0.4, -0.2) is 41.5 Å². The molecule has 0 aliphatic carbocycles. The van der Waals surface area contributed by atoms with Gasteiger partial charge in [0.15, 0.2) is 5.16 Å². The first-order chi connectivity index (χ1) is 12.0. The average Bonchev–Trinajstić information content (AvgIpc) is 2.59. The van der Waals surface area contributed by atoms with Gasteiger partial charge in [-0.3, -0.25) is 14.2 Å². The Balaban J connectivity index is 2.15. The molecule has 0 unspecified atom stereocenters. The summed E-state index contributed by atoms with van der Waals surface area (Å²) >= 11 is 1.28. The van der Waals surface area contributed by atoms with E-state index < -0.39 is 0 Å². The minimum atomic E-state index is -0.106. The Bertz CT molecular complexity index is 774. The van der Waals surface area contributed by atoms with Crippen molar-refractivity contribution < 1.29 is 9.53 Å². The summed E-state index contributed by atoms with van der Waals surface area (Å²) in [5.41, 5.74) is 0.536. The van der Waals surface area contributed by atoms with Crippen LogP contribution in [0.3, 0.4) is 0 Å². The fraction of sp³-hybridized carbons (Fsp3) is 0.500. The lowest BCUT2D eigenvalue weighted by Gasteiger charge is -2.13. The van der Waals surface area contributed by atoms with Crippen LogP contribution in [0.15, 0.2) is 34.2 Å². The van der Waals surface area contributed by atoms with E-state index in [0.717, 1.165) is 6.42 Å². The zero-order valence-electron chi connectivity index (χ0n) is 14.9. The number of methoxy groups -OCH3 is 1. The minimum Gasteiger partial charge on any atom is -0.383 e. The van der Waals surface area contributed by atoms with Crippen LogP contribution >= 0.6 is 11.8 Å². The van der Waals surface area contributed by atoms with E-state index in [1.165, 1.54) is 11.8 Å². The molecule has 1 aromatic heterocycles. The van der Waals surface area contributed by atoms with Crippen molar-refractivity contribution in [2.24, 2.45) is 5.92 Å². The molecule has 0 radical (unpaired) electrons. The van der Waals surface area contributed by atoms with Gasteiger partial charge in [0.1, 0.15) is 0 Å². The van der Waals surface area contributed by atoms with Gasteiger partial charge in [-0.1, -0.05) is 37.7 Å². The predicted octanol–water partition coefficient (Wildman–Crippen LogP) is 2.30. The smallest absolute Gasteiger partial charge is 0.262 e. The van der Waals surface area contributed by atoms with Crippen LogP contribution in [0.5, 0.6) is 0 Å². The van der Waals surface area contributed by atoms with Crippen LogP contribution < -0.4 is 10.9 Å². The molecule has 1 N–H and O–H groups in total. The van der Waals surface area contributed by atoms with E-state index >= 15 is 0 Å². The minimum absolute atomic E-state index is 0.0497. The van der Waals surface area contributed by atoms with E-state index in [4.69, 9.17) is 4.74 Å². The molecule has 0 aliphatic heterocycles. The fourth-order valence-corrected chi connectivity index (χ4v) is 3.17. The highest BCUT2D eigenvalue weighted by Gasteiger charge is 2.13. The molecule has 7 heteroatoms. The molecule has 0 spiro atoms. The molecule has 1 amide bonds. The molecule has 6 nitrogen and oxygen atoms in total. The Labute approximate surface area is 152 Å². The standard InChI is InChI=1S/C18H25N3O3S/c1-13(2)8-9-19-16(22)12-25-18-20-15-7-5-4-6-14(15)17(23)21(18)10-11-24-3/h4-7,13H,8-12H2,1-3H3,(H,19,22). The van der Waals surface area contributed by atoms with Crippen molar-refractivity contribution in [2.75, 3.05) is 26.0 Å². The van der Waals surface area contributed by atoms with Crippen LogP contribution in [0.1, 0.15) is 20.3 Å². The van der Waals surface area contributed by atoms with Crippen molar-refractivity contribution in [3.05, 3.63) is 34.6 Å². The molecule has 0 fully saturated rings. The number of hydrogen-bond acceptors (Lipinski definition) is 5. The van der Waals surface area contributed by atoms with E-state index in [2.05, 4.69) is 24.1 Å². The molecule has 0 atom stereocenters. The number of fused-ring (bicyclic) bond motifs is 1. The van der Waals surface area contributed by atoms with Crippen LogP contribution in [0.2, 0.25) is 0 Å². The monoisotopic (exact) mass is 363 g/mol. The van der Waals surface area contributed by atoms with Gasteiger partial charge in [0.2, 0.25) is 5.91 Å². The van der Waals surface area contributed by atoms with E-state index in [0.29, 0.717) is 41.7 Å². The summed E-state index contributed by atoms with van der Waals surface area (Å²) in [5.74, 6) is 0.733. The molecule has 0 saturated carbocycles. The van der Waals surface area contributed by atoms with E-state index in [1.54, 1.807) is 17.7 Å². The van der Waals surface area contributed by atoms with Gasteiger partial charge in [-0.25, -0.2) is 4.98 Å². The largest absolute Gasteiger partial charge is 0.383 e. The van der Waals surface area contributed by atoms with Gasteiger partial charge in [-0.15, -0.1) is 0 Å². The zero-order valence-corrected chi connectivity index (χ0v) is 15.8. The lowest BCUT2D eigenvalue weighted by atomic mass is 10.1. The highest BCUT2D eigenvalue weighted by atomic mass is 32.2. The van der Waals surface area contributed by atoms with Gasteiger partial charge >= 0.3 is 0 Å². The highest BCUT2D eigenvalue weighted by Crippen LogP contribution is 2.17. The van der Waals surface area contributed by atoms with Gasteiger partial charge in [0.05, 0.1) is 29.8 Å². The predicted molar refractivity (Wildman–Crippen MR) is 101 cm³/mol. The number of aromatic nitrogens is 2. The summed E-state index contributed by atoms with van der Waals surface area (Å²) < 4.78 is 6.67. The first-order valence-corrected chi connectivity index (χ1v) is 9.39. The molecule has 1 aromatic carbocycles. The number of ether oxygens (including phenoxy) is 1. The van der Waals surface area contributed by atoms with Crippen LogP contribution in [0.25, 0.3) is 10.9 Å². The SMILES string of the molecule is COCCn1c(SCC(=O)NCCC(C)C)nc2ccccc2c1=O. The third-order valence-corrected chi connectivity index (χ3v) is 4.70. The number of amides is 1. The first kappa shape index (κ1) is 19.5. The van der Waals surface area contributed by atoms with Crippen LogP contribution in [0.4, 0.5) is 0 Å². The quantitative estimate of drug-likeness (QED) is 0.547. The summed E-state index contributed by atoms with van der Waals surface area (Å²) in [7, 11) is 1.59. The fourth-order valence-electron chi connectivity index (χ4n) is 2.32. The van der Waals surface area contributed by atoms with Gasteiger partial charge in [-0.05, 0) is 24.5 Å². The molecule has 136 valence electrons. The Morgan fingerprint density at radius 2 is 2.12 bits per heavy atom. The Morgan fingerprint density at radius 1 is 1.36 bits per heavy atom. The number of carbonyl (C=O) groups is 1. The molecule has 2 rings (SSSR count). The molecule has 0 saturated heterocycles. The lowest BCUT2D eigenvalue weighted by molar-refractivity contribution is -0.118. The number of benzene rings is 1. The maximum absolute atomic E-state index is 12.7. The molecular weight excluding hydrogens is 338 g/mol. The summed E-state index contributed by atoms with van der Waals surface area (Å²) in [4.78, 5) is 29.3. The number of para-hydroxylation sites is 1. The summed E-state index contributed by atoms with van der Waals surface area (Å²) in [6, 6.07) is 7.24. The normalized spacial score (nSPS) is 11.2. The third-order valence-electron chi connectivity index (χ3n) is 3.72. The summed E-state index contributed by atoms with van der Waals surface area (Å²) in [6.45, 7) is 5.72. The second-order valence-electron chi connectivity index (χ2n) is 6.18. The second kappa shape index (κ2) is 9.58. The Kier molecular flexibility index (Phi) is 7.46. The van der Waals surface area contributed by atoms with Gasteiger partial charge in [0.25, 0.3) is 5.56 Å². The maximum atomic E-state index is 12.7. The Morgan fingerprint density at radius 3 is 2.84 bits per heavy atom. The molecule has 0 bridgehead atoms. The van der Waals surface area contributed by atoms with Gasteiger partial charge < -0.3 is 10.1 Å². The third kappa shape index (κ3) is 5.57. The van der Waals surface area contributed by atoms with E-state index in [-0.39, 0.29) is 17.2 Å². The van der Waals surface area contributed by atoms with Crippen molar-refractivity contribution in [2.45, 2.75) is 32.0 Å².